The van der Waals surface area contributed by atoms with Crippen LogP contribution < -0.4 is 5.73 Å². The molecule has 0 saturated carbocycles. The van der Waals surface area contributed by atoms with Crippen molar-refractivity contribution < 1.29 is 9.94 Å². The van der Waals surface area contributed by atoms with Crippen LogP contribution in [0.1, 0.15) is 5.56 Å². The standard InChI is InChI=1S/C10H11ClN2O2S/c11-8-3-6(10(12)13-14)1-2-9(8)16-7-4-15-5-7/h1-3,7,14H,4-5H2,(H2,12,13). The maximum absolute atomic E-state index is 8.54. The van der Waals surface area contributed by atoms with Crippen molar-refractivity contribution in [3.05, 3.63) is 28.8 Å². The predicted molar refractivity (Wildman–Crippen MR) is 64.4 cm³/mol. The van der Waals surface area contributed by atoms with Gasteiger partial charge in [-0.2, -0.15) is 0 Å². The summed E-state index contributed by atoms with van der Waals surface area (Å²) in [5.41, 5.74) is 6.08. The molecule has 0 unspecified atom stereocenters. The summed E-state index contributed by atoms with van der Waals surface area (Å²) in [4.78, 5) is 0.990. The van der Waals surface area contributed by atoms with Crippen LogP contribution in [0.4, 0.5) is 0 Å². The Kier molecular flexibility index (Phi) is 3.58. The molecule has 1 heterocycles. The quantitative estimate of drug-likeness (QED) is 0.376. The van der Waals surface area contributed by atoms with Crippen molar-refractivity contribution >= 4 is 29.2 Å². The van der Waals surface area contributed by atoms with Gasteiger partial charge in [0.2, 0.25) is 0 Å². The number of nitrogens with zero attached hydrogens (tertiary/aromatic N) is 1. The van der Waals surface area contributed by atoms with Gasteiger partial charge in [-0.05, 0) is 18.2 Å². The van der Waals surface area contributed by atoms with Gasteiger partial charge in [-0.3, -0.25) is 0 Å². The SMILES string of the molecule is NC(=NO)c1ccc(SC2COC2)c(Cl)c1. The lowest BCUT2D eigenvalue weighted by Gasteiger charge is -2.25. The Morgan fingerprint density at radius 3 is 2.81 bits per heavy atom. The average Bonchev–Trinajstić information content (AvgIpc) is 2.23. The molecule has 0 amide bonds. The number of thioether (sulfide) groups is 1. The molecule has 1 aliphatic rings. The van der Waals surface area contributed by atoms with E-state index in [9.17, 15) is 0 Å². The summed E-state index contributed by atoms with van der Waals surface area (Å²) in [7, 11) is 0. The Morgan fingerprint density at radius 2 is 2.31 bits per heavy atom. The lowest BCUT2D eigenvalue weighted by atomic mass is 10.2. The molecule has 0 aliphatic carbocycles. The molecule has 0 atom stereocenters. The van der Waals surface area contributed by atoms with Crippen LogP contribution in [0.5, 0.6) is 0 Å². The fraction of sp³-hybridized carbons (Fsp3) is 0.300. The largest absolute Gasteiger partial charge is 0.409 e. The van der Waals surface area contributed by atoms with Gasteiger partial charge in [-0.15, -0.1) is 11.8 Å². The molecule has 0 spiro atoms. The molecule has 1 saturated heterocycles. The second-order valence-electron chi connectivity index (χ2n) is 3.41. The average molecular weight is 259 g/mol. The van der Waals surface area contributed by atoms with E-state index in [2.05, 4.69) is 5.16 Å². The maximum Gasteiger partial charge on any atom is 0.170 e. The fourth-order valence-electron chi connectivity index (χ4n) is 1.28. The summed E-state index contributed by atoms with van der Waals surface area (Å²) in [5.74, 6) is 0.0606. The van der Waals surface area contributed by atoms with Crippen molar-refractivity contribution in [1.29, 1.82) is 0 Å². The van der Waals surface area contributed by atoms with Crippen molar-refractivity contribution in [3.8, 4) is 0 Å². The summed E-state index contributed by atoms with van der Waals surface area (Å²) < 4.78 is 5.09. The molecule has 2 rings (SSSR count). The first-order valence-electron chi connectivity index (χ1n) is 4.72. The van der Waals surface area contributed by atoms with Gasteiger partial charge >= 0.3 is 0 Å². The smallest absolute Gasteiger partial charge is 0.170 e. The third-order valence-corrected chi connectivity index (χ3v) is 3.88. The number of hydrogen-bond acceptors (Lipinski definition) is 4. The number of benzene rings is 1. The second kappa shape index (κ2) is 4.95. The molecule has 3 N–H and O–H groups in total. The summed E-state index contributed by atoms with van der Waals surface area (Å²) in [6.45, 7) is 1.53. The molecular formula is C10H11ClN2O2S. The molecule has 16 heavy (non-hydrogen) atoms. The van der Waals surface area contributed by atoms with Crippen LogP contribution in [0.25, 0.3) is 0 Å². The highest BCUT2D eigenvalue weighted by Gasteiger charge is 2.20. The fourth-order valence-corrected chi connectivity index (χ4v) is 2.60. The van der Waals surface area contributed by atoms with E-state index in [1.807, 2.05) is 6.07 Å². The van der Waals surface area contributed by atoms with Gasteiger partial charge in [-0.1, -0.05) is 16.8 Å². The lowest BCUT2D eigenvalue weighted by molar-refractivity contribution is 0.0455. The number of ether oxygens (including phenoxy) is 1. The Bertz CT molecular complexity index is 421. The van der Waals surface area contributed by atoms with Crippen LogP contribution in [-0.4, -0.2) is 29.5 Å². The van der Waals surface area contributed by atoms with E-state index < -0.39 is 0 Å². The molecule has 0 radical (unpaired) electrons. The zero-order valence-electron chi connectivity index (χ0n) is 8.39. The molecule has 6 heteroatoms. The van der Waals surface area contributed by atoms with Crippen molar-refractivity contribution in [3.63, 3.8) is 0 Å². The van der Waals surface area contributed by atoms with Crippen LogP contribution in [0.3, 0.4) is 0 Å². The monoisotopic (exact) mass is 258 g/mol. The highest BCUT2D eigenvalue weighted by atomic mass is 35.5. The zero-order chi connectivity index (χ0) is 11.5. The van der Waals surface area contributed by atoms with E-state index in [1.165, 1.54) is 0 Å². The second-order valence-corrected chi connectivity index (χ2v) is 5.16. The molecule has 1 fully saturated rings. The Hall–Kier alpha value is -0.910. The highest BCUT2D eigenvalue weighted by molar-refractivity contribution is 8.00. The molecule has 0 aromatic heterocycles. The van der Waals surface area contributed by atoms with Crippen LogP contribution in [0.15, 0.2) is 28.3 Å². The summed E-state index contributed by atoms with van der Waals surface area (Å²) >= 11 is 7.79. The van der Waals surface area contributed by atoms with E-state index in [-0.39, 0.29) is 5.84 Å². The first-order valence-corrected chi connectivity index (χ1v) is 5.98. The first-order chi connectivity index (χ1) is 7.70. The number of nitrogens with two attached hydrogens (primary N) is 1. The van der Waals surface area contributed by atoms with Crippen molar-refractivity contribution in [2.75, 3.05) is 13.2 Å². The van der Waals surface area contributed by atoms with Crippen molar-refractivity contribution in [2.24, 2.45) is 10.9 Å². The maximum atomic E-state index is 8.54. The zero-order valence-corrected chi connectivity index (χ0v) is 9.96. The van der Waals surface area contributed by atoms with E-state index in [1.54, 1.807) is 23.9 Å². The number of hydrogen-bond donors (Lipinski definition) is 2. The van der Waals surface area contributed by atoms with Crippen LogP contribution >= 0.6 is 23.4 Å². The van der Waals surface area contributed by atoms with Gasteiger partial charge in [0, 0.05) is 10.5 Å². The lowest BCUT2D eigenvalue weighted by Crippen LogP contribution is -2.30. The topological polar surface area (TPSA) is 67.8 Å². The van der Waals surface area contributed by atoms with Crippen molar-refractivity contribution in [1.82, 2.24) is 0 Å². The first kappa shape index (κ1) is 11.6. The molecular weight excluding hydrogens is 248 g/mol. The summed E-state index contributed by atoms with van der Waals surface area (Å²) in [5, 5.41) is 12.6. The Balaban J connectivity index is 2.15. The Morgan fingerprint density at radius 1 is 1.56 bits per heavy atom. The number of oxime groups is 1. The molecule has 0 bridgehead atoms. The van der Waals surface area contributed by atoms with E-state index in [0.717, 1.165) is 18.1 Å². The summed E-state index contributed by atoms with van der Waals surface area (Å²) in [6.07, 6.45) is 0. The van der Waals surface area contributed by atoms with Gasteiger partial charge in [0.15, 0.2) is 5.84 Å². The number of amidine groups is 1. The highest BCUT2D eigenvalue weighted by Crippen LogP contribution is 2.33. The van der Waals surface area contributed by atoms with E-state index in [4.69, 9.17) is 27.3 Å². The van der Waals surface area contributed by atoms with Crippen LogP contribution in [-0.2, 0) is 4.74 Å². The number of halogens is 1. The molecule has 4 nitrogen and oxygen atoms in total. The van der Waals surface area contributed by atoms with E-state index in [0.29, 0.717) is 15.8 Å². The minimum atomic E-state index is 0.0606. The van der Waals surface area contributed by atoms with Crippen LogP contribution in [0, 0.1) is 0 Å². The van der Waals surface area contributed by atoms with Gasteiger partial charge in [-0.25, -0.2) is 0 Å². The predicted octanol–water partition coefficient (Wildman–Crippen LogP) is 1.93. The molecule has 86 valence electrons. The Labute approximate surface area is 102 Å². The van der Waals surface area contributed by atoms with Crippen LogP contribution in [0.2, 0.25) is 5.02 Å². The molecule has 1 aliphatic heterocycles. The van der Waals surface area contributed by atoms with Gasteiger partial charge in [0.05, 0.1) is 23.5 Å². The third kappa shape index (κ3) is 2.42. The minimum absolute atomic E-state index is 0.0606. The van der Waals surface area contributed by atoms with Gasteiger partial charge in [0.25, 0.3) is 0 Å². The molecule has 1 aromatic rings. The van der Waals surface area contributed by atoms with Gasteiger partial charge in [0.1, 0.15) is 0 Å². The normalized spacial score (nSPS) is 17.2. The number of rotatable bonds is 3. The molecule has 1 aromatic carbocycles. The third-order valence-electron chi connectivity index (χ3n) is 2.24. The van der Waals surface area contributed by atoms with Crippen molar-refractivity contribution in [2.45, 2.75) is 10.1 Å². The van der Waals surface area contributed by atoms with E-state index >= 15 is 0 Å². The van der Waals surface area contributed by atoms with Gasteiger partial charge < -0.3 is 15.7 Å². The minimum Gasteiger partial charge on any atom is -0.409 e. The summed E-state index contributed by atoms with van der Waals surface area (Å²) in [6, 6.07) is 5.35.